The van der Waals surface area contributed by atoms with Gasteiger partial charge in [-0.05, 0) is 111 Å². The number of allylic oxidation sites excluding steroid dienone is 2. The summed E-state index contributed by atoms with van der Waals surface area (Å²) in [5.74, 6) is 0. The van der Waals surface area contributed by atoms with Gasteiger partial charge in [0.1, 0.15) is 0 Å². The molecule has 0 amide bonds. The van der Waals surface area contributed by atoms with Crippen molar-refractivity contribution in [3.05, 3.63) is 101 Å². The number of unbranched alkanes of at least 4 members (excludes halogenated alkanes) is 8. The third-order valence-corrected chi connectivity index (χ3v) is 9.03. The van der Waals surface area contributed by atoms with Crippen LogP contribution < -0.4 is 0 Å². The van der Waals surface area contributed by atoms with Crippen molar-refractivity contribution < 1.29 is 21.2 Å². The normalized spacial score (nSPS) is 12.7. The van der Waals surface area contributed by atoms with Gasteiger partial charge in [-0.15, -0.1) is 0 Å². The maximum atomic E-state index is 12.2. The molecule has 0 fully saturated rings. The molecule has 0 aliphatic carbocycles. The molecule has 0 radical (unpaired) electrons. The maximum Gasteiger partial charge on any atom is 2.00 e. The van der Waals surface area contributed by atoms with Crippen LogP contribution >= 0.6 is 0 Å². The summed E-state index contributed by atoms with van der Waals surface area (Å²) in [5.41, 5.74) is 25.1. The minimum absolute atomic E-state index is 0. The van der Waals surface area contributed by atoms with Crippen molar-refractivity contribution in [2.24, 2.45) is 0 Å². The molecule has 0 bridgehead atoms. The van der Waals surface area contributed by atoms with Gasteiger partial charge in [0.25, 0.3) is 0 Å². The van der Waals surface area contributed by atoms with Crippen LogP contribution in [0.5, 0.6) is 0 Å². The Hall–Kier alpha value is -1.99. The first-order chi connectivity index (χ1) is 20.5. The summed E-state index contributed by atoms with van der Waals surface area (Å²) in [5, 5.41) is 0. The molecule has 254 valence electrons. The van der Waals surface area contributed by atoms with Crippen LogP contribution in [0, 0.1) is 14.9 Å². The van der Waals surface area contributed by atoms with Crippen LogP contribution in [0.4, 0.5) is 0 Å². The quantitative estimate of drug-likeness (QED) is 0.0586. The van der Waals surface area contributed by atoms with E-state index in [0.29, 0.717) is 0 Å². The van der Waals surface area contributed by atoms with E-state index in [2.05, 4.69) is 77.9 Å². The van der Waals surface area contributed by atoms with Crippen molar-refractivity contribution in [3.8, 4) is 0 Å². The van der Waals surface area contributed by atoms with Crippen LogP contribution in [-0.2, 0) is 42.2 Å². The van der Waals surface area contributed by atoms with E-state index in [0.717, 1.165) is 62.8 Å². The predicted molar refractivity (Wildman–Crippen MR) is 197 cm³/mol. The summed E-state index contributed by atoms with van der Waals surface area (Å²) >= 11 is 0. The monoisotopic (exact) mass is 656 g/mol. The average Bonchev–Trinajstić information content (AvgIpc) is 3.29. The van der Waals surface area contributed by atoms with Gasteiger partial charge < -0.3 is 20.4 Å². The van der Waals surface area contributed by atoms with E-state index in [9.17, 15) is 5.53 Å². The zero-order chi connectivity index (χ0) is 30.3. The van der Waals surface area contributed by atoms with Crippen LogP contribution in [0.15, 0.2) is 47.5 Å². The van der Waals surface area contributed by atoms with E-state index >= 15 is 0 Å². The predicted octanol–water partition coefficient (Wildman–Crippen LogP) is 13.5. The molecule has 0 aromatic heterocycles. The molecule has 2 aromatic rings. The van der Waals surface area contributed by atoms with E-state index in [4.69, 9.17) is 0 Å². The first kappa shape index (κ1) is 43.0. The third-order valence-electron chi connectivity index (χ3n) is 9.03. The molecule has 45 heavy (non-hydrogen) atoms. The van der Waals surface area contributed by atoms with Gasteiger partial charge in [0.05, 0.1) is 0 Å². The molecule has 0 saturated carbocycles. The van der Waals surface area contributed by atoms with Crippen molar-refractivity contribution >= 4 is 11.4 Å². The molecule has 0 unspecified atom stereocenters. The smallest absolute Gasteiger partial charge is 0.493 e. The Morgan fingerprint density at radius 1 is 0.444 bits per heavy atom. The summed E-state index contributed by atoms with van der Waals surface area (Å²) in [6.07, 6.45) is 21.1. The van der Waals surface area contributed by atoms with E-state index in [1.54, 1.807) is 4.70 Å². The van der Waals surface area contributed by atoms with Crippen LogP contribution in [0.2, 0.25) is 0 Å². The fourth-order valence-corrected chi connectivity index (χ4v) is 6.48. The maximum absolute atomic E-state index is 12.2. The SMILES string of the molecule is CCCCCCCCC1=C(c2cc(CC)cc(CCCC)c2)[N+](=[N-])C(c2cc(CC)cc(CCCC)c2)=C1CCCC.[CH3-].[CH3-].[Ni+2]. The van der Waals surface area contributed by atoms with Crippen LogP contribution in [0.25, 0.3) is 16.9 Å². The molecule has 1 aliphatic rings. The van der Waals surface area contributed by atoms with Gasteiger partial charge in [0.2, 0.25) is 11.4 Å². The molecule has 0 saturated heterocycles. The Labute approximate surface area is 290 Å². The topological polar surface area (TPSA) is 25.3 Å². The summed E-state index contributed by atoms with van der Waals surface area (Å²) in [6.45, 7) is 13.6. The van der Waals surface area contributed by atoms with E-state index in [1.165, 1.54) is 109 Å². The largest absolute Gasteiger partial charge is 2.00 e. The van der Waals surface area contributed by atoms with Crippen LogP contribution in [0.1, 0.15) is 165 Å². The average molecular weight is 658 g/mol. The fraction of sp³-hybridized carbons (Fsp3) is 0.571. The number of hydrogen-bond donors (Lipinski definition) is 0. The first-order valence-electron chi connectivity index (χ1n) is 17.7. The second-order valence-electron chi connectivity index (χ2n) is 12.6. The molecule has 0 N–H and O–H groups in total. The molecule has 3 rings (SSSR count). The standard InChI is InChI=1S/C40H60N2.2CH3.Ni/c1-7-13-17-18-19-20-24-38-37(23-16-10-4)39(35-27-31(11-5)25-33(29-35)21-14-8-2)42(41)40(38)36-28-32(12-6)26-34(30-36)22-15-9-3;;;/h25-30H,7-24H2,1-6H3;2*1H3;/q;2*-1;+2. The Bertz CT molecular complexity index is 1220. The number of nitrogens with zero attached hydrogens (tertiary/aromatic N) is 2. The molecular weight excluding hydrogens is 591 g/mol. The second-order valence-corrected chi connectivity index (χ2v) is 12.6. The zero-order valence-corrected chi connectivity index (χ0v) is 31.4. The molecule has 0 atom stereocenters. The van der Waals surface area contributed by atoms with Gasteiger partial charge in [-0.2, -0.15) is 0 Å². The Kier molecular flexibility index (Phi) is 22.3. The van der Waals surface area contributed by atoms with Crippen molar-refractivity contribution in [1.29, 1.82) is 0 Å². The van der Waals surface area contributed by atoms with Crippen molar-refractivity contribution in [3.63, 3.8) is 0 Å². The Morgan fingerprint density at radius 3 is 1.22 bits per heavy atom. The van der Waals surface area contributed by atoms with Crippen molar-refractivity contribution in [2.45, 2.75) is 157 Å². The molecule has 1 aliphatic heterocycles. The number of rotatable bonds is 20. The minimum atomic E-state index is 0. The van der Waals surface area contributed by atoms with Gasteiger partial charge in [-0.3, -0.25) is 0 Å². The summed E-state index contributed by atoms with van der Waals surface area (Å²) in [7, 11) is 0. The number of hydrogen-bond acceptors (Lipinski definition) is 0. The van der Waals surface area contributed by atoms with Crippen LogP contribution in [0.3, 0.4) is 0 Å². The summed E-state index contributed by atoms with van der Waals surface area (Å²) < 4.78 is 1.62. The van der Waals surface area contributed by atoms with Gasteiger partial charge in [0, 0.05) is 22.3 Å². The van der Waals surface area contributed by atoms with Crippen LogP contribution in [-0.4, -0.2) is 4.70 Å². The Morgan fingerprint density at radius 2 is 0.800 bits per heavy atom. The molecule has 0 spiro atoms. The third kappa shape index (κ3) is 12.3. The fourth-order valence-electron chi connectivity index (χ4n) is 6.48. The van der Waals surface area contributed by atoms with Gasteiger partial charge in [0.15, 0.2) is 0 Å². The van der Waals surface area contributed by atoms with Gasteiger partial charge in [-0.25, -0.2) is 4.70 Å². The summed E-state index contributed by atoms with van der Waals surface area (Å²) in [6, 6.07) is 14.2. The molecule has 1 heterocycles. The second kappa shape index (κ2) is 23.4. The first-order valence-corrected chi connectivity index (χ1v) is 17.7. The molecular formula is C42H66N2Ni. The van der Waals surface area contributed by atoms with Crippen molar-refractivity contribution in [2.75, 3.05) is 0 Å². The molecule has 3 heteroatoms. The van der Waals surface area contributed by atoms with E-state index < -0.39 is 0 Å². The molecule has 2 aromatic carbocycles. The van der Waals surface area contributed by atoms with Crippen molar-refractivity contribution in [1.82, 2.24) is 0 Å². The Balaban J connectivity index is 0.00000645. The van der Waals surface area contributed by atoms with Gasteiger partial charge >= 0.3 is 16.5 Å². The molecule has 2 nitrogen and oxygen atoms in total. The zero-order valence-electron chi connectivity index (χ0n) is 30.4. The van der Waals surface area contributed by atoms with E-state index in [1.807, 2.05) is 0 Å². The van der Waals surface area contributed by atoms with Gasteiger partial charge in [-0.1, -0.05) is 105 Å². The summed E-state index contributed by atoms with van der Waals surface area (Å²) in [4.78, 5) is 0. The number of aryl methyl sites for hydroxylation is 4. The number of benzene rings is 2. The minimum Gasteiger partial charge on any atom is -0.493 e. The van der Waals surface area contributed by atoms with E-state index in [-0.39, 0.29) is 31.3 Å².